The Hall–Kier alpha value is -7.75. The lowest BCUT2D eigenvalue weighted by Gasteiger charge is -2.36. The van der Waals surface area contributed by atoms with Crippen molar-refractivity contribution in [2.24, 2.45) is 0 Å². The molecule has 3 nitrogen and oxygen atoms in total. The quantitative estimate of drug-likeness (QED) is 0.154. The average molecular weight is 780 g/mol. The molecule has 11 rings (SSSR count). The van der Waals surface area contributed by atoms with E-state index in [0.717, 1.165) is 46.2 Å². The molecule has 9 aromatic rings. The summed E-state index contributed by atoms with van der Waals surface area (Å²) in [5, 5.41) is 0. The van der Waals surface area contributed by atoms with Crippen molar-refractivity contribution in [3.05, 3.63) is 247 Å². The maximum atomic E-state index is 5.11. The van der Waals surface area contributed by atoms with Gasteiger partial charge in [0.1, 0.15) is 0 Å². The molecular formula is C58H41N3. The van der Waals surface area contributed by atoms with Gasteiger partial charge in [0, 0.05) is 16.7 Å². The molecule has 8 aromatic carbocycles. The first kappa shape index (κ1) is 36.3. The summed E-state index contributed by atoms with van der Waals surface area (Å²) in [4.78, 5) is 15.2. The summed E-state index contributed by atoms with van der Waals surface area (Å²) in [6.45, 7) is 0. The van der Waals surface area contributed by atoms with E-state index in [0.29, 0.717) is 17.5 Å². The van der Waals surface area contributed by atoms with Gasteiger partial charge in [-0.05, 0) is 97.8 Å². The Bertz CT molecular complexity index is 3040. The van der Waals surface area contributed by atoms with Crippen LogP contribution in [0.1, 0.15) is 29.5 Å². The van der Waals surface area contributed by atoms with Crippen molar-refractivity contribution in [3.8, 4) is 78.7 Å². The Morgan fingerprint density at radius 2 is 0.836 bits per heavy atom. The number of allylic oxidation sites excluding steroid dienone is 4. The van der Waals surface area contributed by atoms with Crippen molar-refractivity contribution < 1.29 is 0 Å². The maximum absolute atomic E-state index is 5.11. The highest BCUT2D eigenvalue weighted by Gasteiger charge is 2.47. The van der Waals surface area contributed by atoms with E-state index in [2.05, 4.69) is 188 Å². The van der Waals surface area contributed by atoms with Crippen LogP contribution >= 0.6 is 0 Å². The lowest BCUT2D eigenvalue weighted by Crippen LogP contribution is -2.29. The monoisotopic (exact) mass is 779 g/mol. The standard InChI is InChI=1S/C58H41N3/c1-6-19-40(20-7-1)41-33-35-42(36-34-41)51-39-54-52(49-31-16-17-32-53(49)58(54,47-27-12-4-13-28-47)48-29-14-5-15-30-48)38-50(51)45-25-18-26-46(37-45)57-60-55(43-21-8-2-9-22-43)59-56(61-57)44-23-10-3-11-24-44/h1-4,6-14,16-39H,5,15H2. The highest BCUT2D eigenvalue weighted by Crippen LogP contribution is 2.59. The fourth-order valence-corrected chi connectivity index (χ4v) is 9.41. The highest BCUT2D eigenvalue weighted by molar-refractivity contribution is 5.96. The van der Waals surface area contributed by atoms with E-state index in [1.807, 2.05) is 36.4 Å². The zero-order valence-corrected chi connectivity index (χ0v) is 33.6. The zero-order valence-electron chi connectivity index (χ0n) is 33.6. The Kier molecular flexibility index (Phi) is 9.20. The van der Waals surface area contributed by atoms with Crippen LogP contribution in [0.4, 0.5) is 0 Å². The molecule has 0 bridgehead atoms. The minimum Gasteiger partial charge on any atom is -0.208 e. The first-order valence-corrected chi connectivity index (χ1v) is 21.1. The van der Waals surface area contributed by atoms with Gasteiger partial charge in [0.15, 0.2) is 17.5 Å². The van der Waals surface area contributed by atoms with Gasteiger partial charge >= 0.3 is 0 Å². The van der Waals surface area contributed by atoms with Crippen molar-refractivity contribution in [3.63, 3.8) is 0 Å². The maximum Gasteiger partial charge on any atom is 0.164 e. The Morgan fingerprint density at radius 3 is 1.48 bits per heavy atom. The van der Waals surface area contributed by atoms with Gasteiger partial charge in [0.2, 0.25) is 0 Å². The molecular weight excluding hydrogens is 739 g/mol. The topological polar surface area (TPSA) is 38.7 Å². The molecule has 1 aromatic heterocycles. The van der Waals surface area contributed by atoms with Gasteiger partial charge in [-0.15, -0.1) is 0 Å². The number of hydrogen-bond donors (Lipinski definition) is 0. The second kappa shape index (κ2) is 15.4. The summed E-state index contributed by atoms with van der Waals surface area (Å²) in [6, 6.07) is 73.8. The molecule has 1 heterocycles. The summed E-state index contributed by atoms with van der Waals surface area (Å²) in [6.07, 6.45) is 9.25. The fourth-order valence-electron chi connectivity index (χ4n) is 9.41. The van der Waals surface area contributed by atoms with Crippen LogP contribution in [-0.2, 0) is 5.41 Å². The molecule has 1 atom stereocenters. The number of nitrogens with zero attached hydrogens (tertiary/aromatic N) is 3. The third-order valence-corrected chi connectivity index (χ3v) is 12.3. The van der Waals surface area contributed by atoms with E-state index in [-0.39, 0.29) is 0 Å². The number of fused-ring (bicyclic) bond motifs is 3. The molecule has 1 unspecified atom stereocenters. The molecule has 2 aliphatic rings. The minimum absolute atomic E-state index is 0.476. The van der Waals surface area contributed by atoms with Crippen molar-refractivity contribution in [1.29, 1.82) is 0 Å². The van der Waals surface area contributed by atoms with Crippen molar-refractivity contribution in [2.45, 2.75) is 18.3 Å². The molecule has 0 amide bonds. The van der Waals surface area contributed by atoms with Gasteiger partial charge in [-0.2, -0.15) is 0 Å². The SMILES string of the molecule is C1=CC(C2(c3ccccc3)c3ccccc3-c3cc(-c4cccc(-c5nc(-c6ccccc6)nc(-c6ccccc6)n5)c4)c(-c4ccc(-c5ccccc5)cc4)cc32)=CCC1. The molecule has 0 radical (unpaired) electrons. The number of hydrogen-bond acceptors (Lipinski definition) is 3. The Morgan fingerprint density at radius 1 is 0.328 bits per heavy atom. The Balaban J connectivity index is 1.15. The third kappa shape index (κ3) is 6.43. The highest BCUT2D eigenvalue weighted by atomic mass is 15.0. The normalized spacial score (nSPS) is 15.2. The van der Waals surface area contributed by atoms with E-state index >= 15 is 0 Å². The van der Waals surface area contributed by atoms with Crippen LogP contribution < -0.4 is 0 Å². The van der Waals surface area contributed by atoms with Crippen molar-refractivity contribution in [1.82, 2.24) is 15.0 Å². The van der Waals surface area contributed by atoms with Crippen LogP contribution in [0.15, 0.2) is 230 Å². The summed E-state index contributed by atoms with van der Waals surface area (Å²) < 4.78 is 0. The minimum atomic E-state index is -0.476. The van der Waals surface area contributed by atoms with E-state index < -0.39 is 5.41 Å². The van der Waals surface area contributed by atoms with Gasteiger partial charge in [0.05, 0.1) is 5.41 Å². The first-order chi connectivity index (χ1) is 30.2. The van der Waals surface area contributed by atoms with E-state index in [4.69, 9.17) is 15.0 Å². The molecule has 288 valence electrons. The molecule has 0 spiro atoms. The number of rotatable bonds is 8. The molecule has 2 aliphatic carbocycles. The lowest BCUT2D eigenvalue weighted by atomic mass is 9.65. The molecule has 0 N–H and O–H groups in total. The lowest BCUT2D eigenvalue weighted by molar-refractivity contribution is 0.752. The smallest absolute Gasteiger partial charge is 0.164 e. The summed E-state index contributed by atoms with van der Waals surface area (Å²) in [5.74, 6) is 1.92. The second-order valence-corrected chi connectivity index (χ2v) is 15.8. The largest absolute Gasteiger partial charge is 0.208 e. The molecule has 0 aliphatic heterocycles. The van der Waals surface area contributed by atoms with E-state index in [1.54, 1.807) is 0 Å². The van der Waals surface area contributed by atoms with Gasteiger partial charge in [-0.1, -0.05) is 206 Å². The molecule has 3 heteroatoms. The van der Waals surface area contributed by atoms with Crippen LogP contribution in [-0.4, -0.2) is 15.0 Å². The first-order valence-electron chi connectivity index (χ1n) is 21.1. The van der Waals surface area contributed by atoms with Crippen LogP contribution in [0, 0.1) is 0 Å². The number of benzene rings is 8. The summed E-state index contributed by atoms with van der Waals surface area (Å²) in [5.41, 5.74) is 17.1. The van der Waals surface area contributed by atoms with Gasteiger partial charge < -0.3 is 0 Å². The number of aromatic nitrogens is 3. The molecule has 0 fully saturated rings. The average Bonchev–Trinajstić information content (AvgIpc) is 3.65. The van der Waals surface area contributed by atoms with E-state index in [9.17, 15) is 0 Å². The van der Waals surface area contributed by atoms with Gasteiger partial charge in [0.25, 0.3) is 0 Å². The van der Waals surface area contributed by atoms with E-state index in [1.165, 1.54) is 50.1 Å². The van der Waals surface area contributed by atoms with Crippen LogP contribution in [0.2, 0.25) is 0 Å². The summed E-state index contributed by atoms with van der Waals surface area (Å²) >= 11 is 0. The predicted octanol–water partition coefficient (Wildman–Crippen LogP) is 14.5. The fraction of sp³-hybridized carbons (Fsp3) is 0.0517. The third-order valence-electron chi connectivity index (χ3n) is 12.3. The summed E-state index contributed by atoms with van der Waals surface area (Å²) in [7, 11) is 0. The Labute approximate surface area is 357 Å². The van der Waals surface area contributed by atoms with Crippen LogP contribution in [0.3, 0.4) is 0 Å². The zero-order chi connectivity index (χ0) is 40.6. The molecule has 61 heavy (non-hydrogen) atoms. The second-order valence-electron chi connectivity index (χ2n) is 15.8. The molecule has 0 saturated carbocycles. The van der Waals surface area contributed by atoms with Gasteiger partial charge in [-0.25, -0.2) is 15.0 Å². The predicted molar refractivity (Wildman–Crippen MR) is 251 cm³/mol. The van der Waals surface area contributed by atoms with Crippen molar-refractivity contribution in [2.75, 3.05) is 0 Å². The van der Waals surface area contributed by atoms with Crippen molar-refractivity contribution >= 4 is 0 Å². The molecule has 0 saturated heterocycles. The van der Waals surface area contributed by atoms with Crippen LogP contribution in [0.25, 0.3) is 78.7 Å². The van der Waals surface area contributed by atoms with Crippen LogP contribution in [0.5, 0.6) is 0 Å². The van der Waals surface area contributed by atoms with Gasteiger partial charge in [-0.3, -0.25) is 0 Å².